The highest BCUT2D eigenvalue weighted by atomic mass is 16.5. The monoisotopic (exact) mass is 411 g/mol. The molecule has 0 aromatic heterocycles. The van der Waals surface area contributed by atoms with Gasteiger partial charge in [0.05, 0.1) is 11.1 Å². The summed E-state index contributed by atoms with van der Waals surface area (Å²) >= 11 is 0. The zero-order valence-electron chi connectivity index (χ0n) is 17.7. The zero-order valence-corrected chi connectivity index (χ0v) is 17.7. The molecule has 0 aliphatic rings. The third-order valence-corrected chi connectivity index (χ3v) is 4.78. The van der Waals surface area contributed by atoms with Crippen molar-refractivity contribution in [1.82, 2.24) is 0 Å². The number of hydrogen-bond acceptors (Lipinski definition) is 5. The molecular formula is C24H29NO5. The van der Waals surface area contributed by atoms with E-state index in [2.05, 4.69) is 25.3 Å². The molecule has 0 fully saturated rings. The standard InChI is InChI=1S/C24H29NO5/c1-5-13-30-18-8-10-19(24(28)29)21(15-18)23(27)20-9-7-17(14-22(20)26)25(6-2)12-11-16(3)4/h5,7-10,14-16,26H,1,6,11-13H2,2-4H3,(H,28,29). The van der Waals surface area contributed by atoms with Crippen LogP contribution in [0.2, 0.25) is 0 Å². The van der Waals surface area contributed by atoms with E-state index >= 15 is 0 Å². The highest BCUT2D eigenvalue weighted by molar-refractivity contribution is 6.15. The first-order valence-corrected chi connectivity index (χ1v) is 10.0. The van der Waals surface area contributed by atoms with Crippen LogP contribution in [0.4, 0.5) is 5.69 Å². The minimum Gasteiger partial charge on any atom is -0.507 e. The van der Waals surface area contributed by atoms with Gasteiger partial charge in [-0.3, -0.25) is 4.79 Å². The molecule has 6 heteroatoms. The number of anilines is 1. The van der Waals surface area contributed by atoms with Gasteiger partial charge in [-0.05, 0) is 49.6 Å². The minimum atomic E-state index is -1.23. The molecule has 2 N–H and O–H groups in total. The lowest BCUT2D eigenvalue weighted by Gasteiger charge is -2.24. The van der Waals surface area contributed by atoms with E-state index in [1.807, 2.05) is 6.92 Å². The first-order chi connectivity index (χ1) is 14.3. The van der Waals surface area contributed by atoms with Gasteiger partial charge in [0.25, 0.3) is 0 Å². The Morgan fingerprint density at radius 3 is 2.40 bits per heavy atom. The molecule has 30 heavy (non-hydrogen) atoms. The number of phenolic OH excluding ortho intramolecular Hbond substituents is 1. The van der Waals surface area contributed by atoms with Gasteiger partial charge < -0.3 is 19.8 Å². The predicted octanol–water partition coefficient (Wildman–Crippen LogP) is 4.76. The average Bonchev–Trinajstić information content (AvgIpc) is 2.71. The lowest BCUT2D eigenvalue weighted by atomic mass is 9.97. The van der Waals surface area contributed by atoms with Crippen LogP contribution in [-0.4, -0.2) is 41.7 Å². The molecule has 0 amide bonds. The highest BCUT2D eigenvalue weighted by Gasteiger charge is 2.22. The molecule has 2 rings (SSSR count). The van der Waals surface area contributed by atoms with E-state index in [0.29, 0.717) is 11.7 Å². The zero-order chi connectivity index (χ0) is 22.3. The topological polar surface area (TPSA) is 87.1 Å². The molecule has 0 spiro atoms. The van der Waals surface area contributed by atoms with E-state index in [1.54, 1.807) is 18.2 Å². The fourth-order valence-corrected chi connectivity index (χ4v) is 3.08. The van der Waals surface area contributed by atoms with Gasteiger partial charge in [-0.1, -0.05) is 26.5 Å². The van der Waals surface area contributed by atoms with Crippen LogP contribution < -0.4 is 9.64 Å². The second-order valence-corrected chi connectivity index (χ2v) is 7.40. The van der Waals surface area contributed by atoms with Gasteiger partial charge in [-0.15, -0.1) is 0 Å². The number of carbonyl (C=O) groups is 2. The van der Waals surface area contributed by atoms with Gasteiger partial charge in [-0.25, -0.2) is 4.79 Å². The van der Waals surface area contributed by atoms with Crippen molar-refractivity contribution in [2.75, 3.05) is 24.6 Å². The van der Waals surface area contributed by atoms with Crippen LogP contribution in [0, 0.1) is 5.92 Å². The molecule has 2 aromatic rings. The number of phenols is 1. The molecule has 0 heterocycles. The Balaban J connectivity index is 2.38. The molecule has 0 radical (unpaired) electrons. The number of carboxylic acid groups (broad SMARTS) is 1. The number of ether oxygens (including phenoxy) is 1. The fraction of sp³-hybridized carbons (Fsp3) is 0.333. The maximum Gasteiger partial charge on any atom is 0.336 e. The number of carboxylic acids is 1. The Bertz CT molecular complexity index is 920. The SMILES string of the molecule is C=CCOc1ccc(C(=O)O)c(C(=O)c2ccc(N(CC)CCC(C)C)cc2O)c1. The maximum atomic E-state index is 13.1. The van der Waals surface area contributed by atoms with Crippen molar-refractivity contribution in [1.29, 1.82) is 0 Å². The first-order valence-electron chi connectivity index (χ1n) is 10.0. The van der Waals surface area contributed by atoms with Crippen LogP contribution in [0.25, 0.3) is 0 Å². The fourth-order valence-electron chi connectivity index (χ4n) is 3.08. The van der Waals surface area contributed by atoms with Gasteiger partial charge in [0, 0.05) is 30.4 Å². The van der Waals surface area contributed by atoms with Crippen molar-refractivity contribution in [2.24, 2.45) is 5.92 Å². The average molecular weight is 411 g/mol. The predicted molar refractivity (Wildman–Crippen MR) is 118 cm³/mol. The Morgan fingerprint density at radius 2 is 1.83 bits per heavy atom. The van der Waals surface area contributed by atoms with Crippen molar-refractivity contribution in [3.8, 4) is 11.5 Å². The number of ketones is 1. The van der Waals surface area contributed by atoms with Crippen LogP contribution in [0.1, 0.15) is 53.5 Å². The molecule has 2 aromatic carbocycles. The van der Waals surface area contributed by atoms with Gasteiger partial charge in [0.15, 0.2) is 5.78 Å². The number of hydrogen-bond donors (Lipinski definition) is 2. The largest absolute Gasteiger partial charge is 0.507 e. The van der Waals surface area contributed by atoms with Crippen LogP contribution in [0.5, 0.6) is 11.5 Å². The molecule has 0 aliphatic heterocycles. The second kappa shape index (κ2) is 10.5. The van der Waals surface area contributed by atoms with Gasteiger partial charge in [-0.2, -0.15) is 0 Å². The summed E-state index contributed by atoms with van der Waals surface area (Å²) in [7, 11) is 0. The van der Waals surface area contributed by atoms with Crippen molar-refractivity contribution >= 4 is 17.4 Å². The van der Waals surface area contributed by atoms with Crippen molar-refractivity contribution in [3.63, 3.8) is 0 Å². The summed E-state index contributed by atoms with van der Waals surface area (Å²) in [6.45, 7) is 11.7. The van der Waals surface area contributed by atoms with E-state index in [-0.39, 0.29) is 29.0 Å². The Hall–Kier alpha value is -3.28. The van der Waals surface area contributed by atoms with Crippen molar-refractivity contribution in [2.45, 2.75) is 27.2 Å². The van der Waals surface area contributed by atoms with Crippen molar-refractivity contribution < 1.29 is 24.5 Å². The van der Waals surface area contributed by atoms with E-state index in [9.17, 15) is 19.8 Å². The number of benzene rings is 2. The Labute approximate surface area is 177 Å². The molecule has 160 valence electrons. The molecule has 0 saturated carbocycles. The summed E-state index contributed by atoms with van der Waals surface area (Å²) in [6, 6.07) is 9.05. The molecule has 0 aliphatic carbocycles. The number of rotatable bonds is 11. The summed E-state index contributed by atoms with van der Waals surface area (Å²) in [5.74, 6) is -1.08. The number of aromatic carboxylic acids is 1. The normalized spacial score (nSPS) is 10.7. The van der Waals surface area contributed by atoms with Crippen LogP contribution >= 0.6 is 0 Å². The Kier molecular flexibility index (Phi) is 8.04. The van der Waals surface area contributed by atoms with E-state index in [4.69, 9.17) is 4.74 Å². The van der Waals surface area contributed by atoms with E-state index < -0.39 is 11.8 Å². The van der Waals surface area contributed by atoms with Gasteiger partial charge >= 0.3 is 5.97 Å². The molecular weight excluding hydrogens is 382 g/mol. The lowest BCUT2D eigenvalue weighted by molar-refractivity contribution is 0.0692. The quantitative estimate of drug-likeness (QED) is 0.410. The number of nitrogens with zero attached hydrogens (tertiary/aromatic N) is 1. The molecule has 0 unspecified atom stereocenters. The molecule has 0 bridgehead atoms. The van der Waals surface area contributed by atoms with Crippen LogP contribution in [0.3, 0.4) is 0 Å². The molecule has 0 atom stereocenters. The smallest absolute Gasteiger partial charge is 0.336 e. The molecule has 6 nitrogen and oxygen atoms in total. The molecule has 0 saturated heterocycles. The third kappa shape index (κ3) is 5.63. The van der Waals surface area contributed by atoms with Crippen LogP contribution in [0.15, 0.2) is 49.1 Å². The van der Waals surface area contributed by atoms with Gasteiger partial charge in [0.1, 0.15) is 18.1 Å². The first kappa shape index (κ1) is 23.0. The van der Waals surface area contributed by atoms with Crippen molar-refractivity contribution in [3.05, 3.63) is 65.7 Å². The summed E-state index contributed by atoms with van der Waals surface area (Å²) in [4.78, 5) is 26.8. The Morgan fingerprint density at radius 1 is 1.13 bits per heavy atom. The summed E-state index contributed by atoms with van der Waals surface area (Å²) in [5, 5.41) is 20.0. The third-order valence-electron chi connectivity index (χ3n) is 4.78. The highest BCUT2D eigenvalue weighted by Crippen LogP contribution is 2.29. The van der Waals surface area contributed by atoms with Crippen LogP contribution in [-0.2, 0) is 0 Å². The van der Waals surface area contributed by atoms with E-state index in [0.717, 1.165) is 25.2 Å². The number of carbonyl (C=O) groups excluding carboxylic acids is 1. The summed E-state index contributed by atoms with van der Waals surface area (Å²) in [5.41, 5.74) is 0.663. The minimum absolute atomic E-state index is 0.0423. The summed E-state index contributed by atoms with van der Waals surface area (Å²) in [6.07, 6.45) is 2.56. The second-order valence-electron chi connectivity index (χ2n) is 7.40. The number of aromatic hydroxyl groups is 1. The van der Waals surface area contributed by atoms with E-state index in [1.165, 1.54) is 24.3 Å². The van der Waals surface area contributed by atoms with Gasteiger partial charge in [0.2, 0.25) is 0 Å². The lowest BCUT2D eigenvalue weighted by Crippen LogP contribution is -2.25. The maximum absolute atomic E-state index is 13.1. The summed E-state index contributed by atoms with van der Waals surface area (Å²) < 4.78 is 5.43.